The standard InChI is InChI=1S/C29H40N4O6/c1-28(2,3)38-26(35)31-13-11-19(16-31)14-25(34)32-17-21(18-32)20-8-9-24(37-7)22(15-20)23-10-12-30-33(23)27(36)39-29(4,5)6/h8-10,12,15,19,21H,11,13-14,16-18H2,1-7H3. The Morgan fingerprint density at radius 2 is 1.59 bits per heavy atom. The van der Waals surface area contributed by atoms with Gasteiger partial charge in [-0.2, -0.15) is 9.78 Å². The Morgan fingerprint density at radius 1 is 0.923 bits per heavy atom. The molecule has 2 aliphatic rings. The molecule has 0 spiro atoms. The number of benzene rings is 1. The van der Waals surface area contributed by atoms with Crippen molar-refractivity contribution in [3.8, 4) is 17.0 Å². The van der Waals surface area contributed by atoms with Crippen LogP contribution in [-0.2, 0) is 14.3 Å². The van der Waals surface area contributed by atoms with E-state index in [9.17, 15) is 14.4 Å². The van der Waals surface area contributed by atoms with Crippen LogP contribution in [0.2, 0.25) is 0 Å². The lowest BCUT2D eigenvalue weighted by molar-refractivity contribution is -0.136. The molecule has 39 heavy (non-hydrogen) atoms. The predicted molar refractivity (Wildman–Crippen MR) is 146 cm³/mol. The Kier molecular flexibility index (Phi) is 7.95. The summed E-state index contributed by atoms with van der Waals surface area (Å²) in [4.78, 5) is 41.6. The largest absolute Gasteiger partial charge is 0.496 e. The van der Waals surface area contributed by atoms with Gasteiger partial charge in [0.1, 0.15) is 17.0 Å². The second-order valence-electron chi connectivity index (χ2n) is 12.3. The molecular formula is C29H40N4O6. The van der Waals surface area contributed by atoms with E-state index in [4.69, 9.17) is 14.2 Å². The van der Waals surface area contributed by atoms with Gasteiger partial charge in [-0.1, -0.05) is 6.07 Å². The molecule has 10 nitrogen and oxygen atoms in total. The van der Waals surface area contributed by atoms with Gasteiger partial charge in [0.2, 0.25) is 5.91 Å². The fraction of sp³-hybridized carbons (Fsp3) is 0.586. The average molecular weight is 541 g/mol. The van der Waals surface area contributed by atoms with Crippen molar-refractivity contribution in [1.82, 2.24) is 19.6 Å². The number of likely N-dealkylation sites (tertiary alicyclic amines) is 2. The van der Waals surface area contributed by atoms with Crippen molar-refractivity contribution >= 4 is 18.1 Å². The van der Waals surface area contributed by atoms with Crippen molar-refractivity contribution in [1.29, 1.82) is 0 Å². The quantitative estimate of drug-likeness (QED) is 0.531. The summed E-state index contributed by atoms with van der Waals surface area (Å²) in [6, 6.07) is 7.63. The molecule has 212 valence electrons. The highest BCUT2D eigenvalue weighted by atomic mass is 16.6. The molecule has 1 aromatic heterocycles. The number of hydrogen-bond donors (Lipinski definition) is 0. The SMILES string of the molecule is COc1ccc(C2CN(C(=O)CC3CCN(C(=O)OC(C)(C)C)C3)C2)cc1-c1ccnn1C(=O)OC(C)(C)C. The Balaban J connectivity index is 1.37. The molecule has 0 N–H and O–H groups in total. The van der Waals surface area contributed by atoms with Crippen molar-refractivity contribution in [3.63, 3.8) is 0 Å². The van der Waals surface area contributed by atoms with Crippen molar-refractivity contribution in [2.45, 2.75) is 71.5 Å². The van der Waals surface area contributed by atoms with E-state index in [-0.39, 0.29) is 23.8 Å². The monoisotopic (exact) mass is 540 g/mol. The molecule has 2 aromatic rings. The van der Waals surface area contributed by atoms with Gasteiger partial charge in [0, 0.05) is 44.1 Å². The van der Waals surface area contributed by atoms with E-state index >= 15 is 0 Å². The van der Waals surface area contributed by atoms with Crippen LogP contribution in [0.3, 0.4) is 0 Å². The summed E-state index contributed by atoms with van der Waals surface area (Å²) in [6.45, 7) is 13.4. The summed E-state index contributed by atoms with van der Waals surface area (Å²) in [5.41, 5.74) is 1.18. The second-order valence-corrected chi connectivity index (χ2v) is 12.3. The molecule has 1 aromatic carbocycles. The second kappa shape index (κ2) is 10.9. The molecule has 3 heterocycles. The molecule has 1 atom stereocenters. The van der Waals surface area contributed by atoms with E-state index in [0.717, 1.165) is 17.5 Å². The summed E-state index contributed by atoms with van der Waals surface area (Å²) in [7, 11) is 1.59. The highest BCUT2D eigenvalue weighted by molar-refractivity contribution is 5.80. The molecule has 4 rings (SSSR count). The Labute approximate surface area is 230 Å². The van der Waals surface area contributed by atoms with E-state index in [1.165, 1.54) is 4.68 Å². The molecule has 2 amide bonds. The van der Waals surface area contributed by atoms with Gasteiger partial charge in [-0.3, -0.25) is 4.79 Å². The molecule has 10 heteroatoms. The molecular weight excluding hydrogens is 500 g/mol. The van der Waals surface area contributed by atoms with E-state index in [0.29, 0.717) is 44.0 Å². The van der Waals surface area contributed by atoms with Crippen molar-refractivity contribution < 1.29 is 28.6 Å². The first-order valence-electron chi connectivity index (χ1n) is 13.5. The molecule has 0 saturated carbocycles. The zero-order valence-electron chi connectivity index (χ0n) is 24.0. The van der Waals surface area contributed by atoms with Crippen molar-refractivity contribution in [2.75, 3.05) is 33.3 Å². The van der Waals surface area contributed by atoms with E-state index in [1.54, 1.807) is 24.3 Å². The van der Waals surface area contributed by atoms with Crippen LogP contribution < -0.4 is 4.74 Å². The molecule has 1 unspecified atom stereocenters. The third kappa shape index (κ3) is 6.91. The van der Waals surface area contributed by atoms with Gasteiger partial charge in [0.05, 0.1) is 19.0 Å². The maximum Gasteiger partial charge on any atom is 0.435 e. The number of rotatable bonds is 5. The maximum absolute atomic E-state index is 13.0. The topological polar surface area (TPSA) is 103 Å². The Hall–Kier alpha value is -3.56. The third-order valence-corrected chi connectivity index (χ3v) is 6.82. The summed E-state index contributed by atoms with van der Waals surface area (Å²) < 4.78 is 17.8. The molecule has 0 bridgehead atoms. The summed E-state index contributed by atoms with van der Waals surface area (Å²) in [6.07, 6.45) is 1.91. The van der Waals surface area contributed by atoms with Gasteiger partial charge in [-0.25, -0.2) is 9.59 Å². The lowest BCUT2D eigenvalue weighted by atomic mass is 9.89. The lowest BCUT2D eigenvalue weighted by Crippen LogP contribution is -2.49. The van der Waals surface area contributed by atoms with Crippen molar-refractivity contribution in [3.05, 3.63) is 36.0 Å². The van der Waals surface area contributed by atoms with Crippen LogP contribution in [0.25, 0.3) is 11.3 Å². The van der Waals surface area contributed by atoms with Crippen LogP contribution in [0.15, 0.2) is 30.5 Å². The maximum atomic E-state index is 13.0. The summed E-state index contributed by atoms with van der Waals surface area (Å²) >= 11 is 0. The van der Waals surface area contributed by atoms with E-state index in [1.807, 2.05) is 64.6 Å². The first kappa shape index (κ1) is 28.4. The van der Waals surface area contributed by atoms with Crippen LogP contribution in [0.5, 0.6) is 5.75 Å². The number of nitrogens with zero attached hydrogens (tertiary/aromatic N) is 4. The number of carbonyl (C=O) groups is 3. The predicted octanol–water partition coefficient (Wildman–Crippen LogP) is 4.91. The fourth-order valence-corrected chi connectivity index (χ4v) is 4.90. The van der Waals surface area contributed by atoms with Crippen LogP contribution in [0.4, 0.5) is 9.59 Å². The van der Waals surface area contributed by atoms with E-state index < -0.39 is 17.3 Å². The zero-order valence-corrected chi connectivity index (χ0v) is 24.0. The van der Waals surface area contributed by atoms with Crippen LogP contribution in [0.1, 0.15) is 65.9 Å². The Morgan fingerprint density at radius 3 is 2.23 bits per heavy atom. The third-order valence-electron chi connectivity index (χ3n) is 6.82. The highest BCUT2D eigenvalue weighted by Crippen LogP contribution is 2.36. The van der Waals surface area contributed by atoms with Gasteiger partial charge >= 0.3 is 12.2 Å². The van der Waals surface area contributed by atoms with Crippen LogP contribution in [-0.4, -0.2) is 82.2 Å². The van der Waals surface area contributed by atoms with Crippen molar-refractivity contribution in [2.24, 2.45) is 5.92 Å². The number of ether oxygens (including phenoxy) is 3. The minimum atomic E-state index is -0.652. The average Bonchev–Trinajstić information content (AvgIpc) is 3.45. The minimum Gasteiger partial charge on any atom is -0.496 e. The van der Waals surface area contributed by atoms with Gasteiger partial charge < -0.3 is 24.0 Å². The first-order valence-corrected chi connectivity index (χ1v) is 13.5. The molecule has 2 aliphatic heterocycles. The Bertz CT molecular complexity index is 1220. The highest BCUT2D eigenvalue weighted by Gasteiger charge is 2.36. The van der Waals surface area contributed by atoms with Gasteiger partial charge in [0.15, 0.2) is 0 Å². The van der Waals surface area contributed by atoms with Gasteiger partial charge in [-0.05, 0) is 77.6 Å². The molecule has 0 aliphatic carbocycles. The lowest BCUT2D eigenvalue weighted by Gasteiger charge is -2.40. The zero-order chi connectivity index (χ0) is 28.5. The first-order chi connectivity index (χ1) is 18.2. The van der Waals surface area contributed by atoms with Crippen LogP contribution >= 0.6 is 0 Å². The summed E-state index contributed by atoms with van der Waals surface area (Å²) in [5, 5.41) is 4.18. The van der Waals surface area contributed by atoms with E-state index in [2.05, 4.69) is 5.10 Å². The summed E-state index contributed by atoms with van der Waals surface area (Å²) in [5.74, 6) is 1.05. The number of aromatic nitrogens is 2. The normalized spacial score (nSPS) is 18.1. The fourth-order valence-electron chi connectivity index (χ4n) is 4.90. The molecule has 0 radical (unpaired) electrons. The van der Waals surface area contributed by atoms with Gasteiger partial charge in [-0.15, -0.1) is 0 Å². The molecule has 2 fully saturated rings. The number of hydrogen-bond acceptors (Lipinski definition) is 7. The minimum absolute atomic E-state index is 0.110. The number of methoxy groups -OCH3 is 1. The molecule has 2 saturated heterocycles. The number of amides is 2. The smallest absolute Gasteiger partial charge is 0.435 e. The van der Waals surface area contributed by atoms with Gasteiger partial charge in [0.25, 0.3) is 0 Å². The number of carbonyl (C=O) groups excluding carboxylic acids is 3. The van der Waals surface area contributed by atoms with Crippen LogP contribution in [0, 0.1) is 5.92 Å².